The van der Waals surface area contributed by atoms with Gasteiger partial charge in [-0.15, -0.1) is 0 Å². The second kappa shape index (κ2) is 81.6. The minimum absolute atomic E-state index is 0.108. The molecule has 0 aliphatic carbocycles. The number of carbonyl (C=O) groups excluding carboxylic acids is 4. The number of phosphoric ester groups is 2. The molecule has 0 aromatic rings. The molecular weight excluding hydrogens is 1400 g/mol. The monoisotopic (exact) mass is 1580 g/mol. The number of aliphatic hydroxyl groups is 1. The summed E-state index contributed by atoms with van der Waals surface area (Å²) in [5, 5.41) is 10.7. The van der Waals surface area contributed by atoms with E-state index in [0.29, 0.717) is 25.7 Å². The summed E-state index contributed by atoms with van der Waals surface area (Å²) < 4.78 is 68.9. The van der Waals surface area contributed by atoms with Gasteiger partial charge >= 0.3 is 39.5 Å². The first-order valence-corrected chi connectivity index (χ1v) is 49.2. The van der Waals surface area contributed by atoms with Crippen molar-refractivity contribution < 1.29 is 80.2 Å². The summed E-state index contributed by atoms with van der Waals surface area (Å²) in [6.07, 6.45) is 76.6. The van der Waals surface area contributed by atoms with Gasteiger partial charge in [0.05, 0.1) is 26.4 Å². The molecule has 0 fully saturated rings. The van der Waals surface area contributed by atoms with Gasteiger partial charge in [0, 0.05) is 25.7 Å². The highest BCUT2D eigenvalue weighted by molar-refractivity contribution is 7.47. The number of aliphatic hydroxyl groups excluding tert-OH is 1. The minimum Gasteiger partial charge on any atom is -0.462 e. The van der Waals surface area contributed by atoms with Gasteiger partial charge in [-0.1, -0.05) is 433 Å². The van der Waals surface area contributed by atoms with Crippen molar-refractivity contribution in [3.8, 4) is 0 Å². The Morgan fingerprint density at radius 3 is 0.657 bits per heavy atom. The highest BCUT2D eigenvalue weighted by Gasteiger charge is 2.31. The van der Waals surface area contributed by atoms with Crippen LogP contribution >= 0.6 is 15.6 Å². The van der Waals surface area contributed by atoms with Crippen LogP contribution in [0, 0.1) is 5.92 Å². The first kappa shape index (κ1) is 106. The summed E-state index contributed by atoms with van der Waals surface area (Å²) in [6, 6.07) is 0. The van der Waals surface area contributed by atoms with Crippen LogP contribution in [0.25, 0.3) is 0 Å². The standard InChI is InChI=1S/C89H174O17P2/c1-6-10-13-16-19-22-24-26-28-30-32-34-36-38-40-45-49-53-58-63-68-73-87(92)100-79-85(106-89(94)74-69-64-59-54-50-46-41-39-37-35-33-31-29-27-25-23-20-17-14-11-7-2)81-104-108(97,98)102-77-83(90)76-101-107(95,96)103-80-84(78-99-86(91)72-67-62-57-21-18-15-12-8-3)105-88(93)75-70-65-60-55-51-47-43-42-44-48-52-56-61-66-71-82(5)9-4/h82-85,90H,6-81H2,1-5H3,(H,95,96)(H,97,98)/t82?,83-,84+,85+/m0/s1. The van der Waals surface area contributed by atoms with E-state index in [-0.39, 0.29) is 25.7 Å². The fourth-order valence-corrected chi connectivity index (χ4v) is 15.5. The Morgan fingerprint density at radius 2 is 0.444 bits per heavy atom. The Hall–Kier alpha value is -1.94. The number of esters is 4. The van der Waals surface area contributed by atoms with Crippen LogP contribution in [0.15, 0.2) is 0 Å². The number of rotatable bonds is 89. The van der Waals surface area contributed by atoms with Gasteiger partial charge in [0.1, 0.15) is 19.3 Å². The maximum absolute atomic E-state index is 13.2. The minimum atomic E-state index is -4.97. The summed E-state index contributed by atoms with van der Waals surface area (Å²) >= 11 is 0. The van der Waals surface area contributed by atoms with Crippen molar-refractivity contribution in [1.82, 2.24) is 0 Å². The topological polar surface area (TPSA) is 237 Å². The zero-order valence-electron chi connectivity index (χ0n) is 71.0. The Labute approximate surface area is 664 Å². The van der Waals surface area contributed by atoms with Gasteiger partial charge in [-0.25, -0.2) is 9.13 Å². The predicted molar refractivity (Wildman–Crippen MR) is 446 cm³/mol. The average molecular weight is 1580 g/mol. The Balaban J connectivity index is 5.17. The second-order valence-electron chi connectivity index (χ2n) is 32.2. The molecule has 3 N–H and O–H groups in total. The first-order chi connectivity index (χ1) is 52.6. The molecule has 0 rings (SSSR count). The molecule has 642 valence electrons. The molecule has 6 atom stereocenters. The fraction of sp³-hybridized carbons (Fsp3) is 0.955. The van der Waals surface area contributed by atoms with E-state index in [1.165, 1.54) is 302 Å². The van der Waals surface area contributed by atoms with Crippen molar-refractivity contribution in [3.05, 3.63) is 0 Å². The fourth-order valence-electron chi connectivity index (χ4n) is 14.0. The average Bonchev–Trinajstić information content (AvgIpc) is 0.900. The van der Waals surface area contributed by atoms with Crippen LogP contribution in [-0.4, -0.2) is 96.7 Å². The summed E-state index contributed by atoms with van der Waals surface area (Å²) in [4.78, 5) is 73.2. The number of hydrogen-bond donors (Lipinski definition) is 3. The van der Waals surface area contributed by atoms with Crippen LogP contribution in [0.1, 0.15) is 484 Å². The lowest BCUT2D eigenvalue weighted by atomic mass is 9.99. The molecule has 0 heterocycles. The number of ether oxygens (including phenoxy) is 4. The SMILES string of the molecule is CCCCCCCCCCCCCCCCCCCCCCCC(=O)OC[C@H](COP(=O)(O)OC[C@@H](O)COP(=O)(O)OC[C@@H](COC(=O)CCCCCCCCCC)OC(=O)CCCCCCCCCCCCCCCCC(C)CC)OC(=O)CCCCCCCCCCCCCCCCCCCCCCC. The lowest BCUT2D eigenvalue weighted by Crippen LogP contribution is -2.30. The summed E-state index contributed by atoms with van der Waals surface area (Å²) in [6.45, 7) is 7.40. The predicted octanol–water partition coefficient (Wildman–Crippen LogP) is 27.5. The van der Waals surface area contributed by atoms with Gasteiger partial charge < -0.3 is 33.8 Å². The maximum Gasteiger partial charge on any atom is 0.472 e. The van der Waals surface area contributed by atoms with Crippen molar-refractivity contribution in [3.63, 3.8) is 0 Å². The normalized spacial score (nSPS) is 14.0. The van der Waals surface area contributed by atoms with Gasteiger partial charge in [-0.05, 0) is 31.6 Å². The molecule has 0 amide bonds. The molecule has 19 heteroatoms. The lowest BCUT2D eigenvalue weighted by Gasteiger charge is -2.21. The molecule has 0 saturated carbocycles. The van der Waals surface area contributed by atoms with E-state index in [1.54, 1.807) is 0 Å². The van der Waals surface area contributed by atoms with E-state index in [1.807, 2.05) is 0 Å². The Bertz CT molecular complexity index is 2050. The van der Waals surface area contributed by atoms with Crippen molar-refractivity contribution in [2.75, 3.05) is 39.6 Å². The number of hydrogen-bond acceptors (Lipinski definition) is 15. The van der Waals surface area contributed by atoms with E-state index >= 15 is 0 Å². The largest absolute Gasteiger partial charge is 0.472 e. The molecule has 0 aliphatic heterocycles. The maximum atomic E-state index is 13.2. The highest BCUT2D eigenvalue weighted by Crippen LogP contribution is 2.45. The van der Waals surface area contributed by atoms with Crippen molar-refractivity contribution in [2.24, 2.45) is 5.92 Å². The molecule has 108 heavy (non-hydrogen) atoms. The molecule has 0 spiro atoms. The molecular formula is C89H174O17P2. The second-order valence-corrected chi connectivity index (χ2v) is 35.1. The molecule has 17 nitrogen and oxygen atoms in total. The molecule has 0 radical (unpaired) electrons. The van der Waals surface area contributed by atoms with E-state index < -0.39 is 97.5 Å². The van der Waals surface area contributed by atoms with Crippen molar-refractivity contribution >= 4 is 39.5 Å². The van der Waals surface area contributed by atoms with Gasteiger partial charge in [0.2, 0.25) is 0 Å². The third kappa shape index (κ3) is 80.7. The van der Waals surface area contributed by atoms with E-state index in [4.69, 9.17) is 37.0 Å². The third-order valence-corrected chi connectivity index (χ3v) is 23.3. The Morgan fingerprint density at radius 1 is 0.259 bits per heavy atom. The van der Waals surface area contributed by atoms with Crippen LogP contribution in [0.2, 0.25) is 0 Å². The molecule has 0 aromatic heterocycles. The van der Waals surface area contributed by atoms with E-state index in [9.17, 15) is 43.2 Å². The summed E-state index contributed by atoms with van der Waals surface area (Å²) in [7, 11) is -9.93. The van der Waals surface area contributed by atoms with Crippen molar-refractivity contribution in [2.45, 2.75) is 502 Å². The summed E-state index contributed by atoms with van der Waals surface area (Å²) in [5.74, 6) is -1.25. The Kier molecular flexibility index (Phi) is 80.2. The van der Waals surface area contributed by atoms with E-state index in [0.717, 1.165) is 102 Å². The first-order valence-electron chi connectivity index (χ1n) is 46.2. The number of carbonyl (C=O) groups is 4. The van der Waals surface area contributed by atoms with Crippen LogP contribution in [0.3, 0.4) is 0 Å². The third-order valence-electron chi connectivity index (χ3n) is 21.4. The quantitative estimate of drug-likeness (QED) is 0.0222. The zero-order chi connectivity index (χ0) is 79.0. The van der Waals surface area contributed by atoms with Crippen molar-refractivity contribution in [1.29, 1.82) is 0 Å². The van der Waals surface area contributed by atoms with Crippen LogP contribution in [0.4, 0.5) is 0 Å². The number of phosphoric acid groups is 2. The van der Waals surface area contributed by atoms with Gasteiger partial charge in [-0.2, -0.15) is 0 Å². The zero-order valence-corrected chi connectivity index (χ0v) is 72.8. The number of unbranched alkanes of at least 4 members (excludes halogenated alkanes) is 60. The molecule has 0 aromatic carbocycles. The van der Waals surface area contributed by atoms with Gasteiger partial charge in [-0.3, -0.25) is 37.3 Å². The molecule has 3 unspecified atom stereocenters. The molecule has 0 aliphatic rings. The molecule has 0 bridgehead atoms. The lowest BCUT2D eigenvalue weighted by molar-refractivity contribution is -0.161. The van der Waals surface area contributed by atoms with Crippen LogP contribution in [-0.2, 0) is 65.4 Å². The van der Waals surface area contributed by atoms with E-state index in [2.05, 4.69) is 34.6 Å². The van der Waals surface area contributed by atoms with Crippen LogP contribution < -0.4 is 0 Å². The highest BCUT2D eigenvalue weighted by atomic mass is 31.2. The smallest absolute Gasteiger partial charge is 0.462 e. The van der Waals surface area contributed by atoms with Gasteiger partial charge in [0.25, 0.3) is 0 Å². The summed E-state index contributed by atoms with van der Waals surface area (Å²) in [5.41, 5.74) is 0. The molecule has 0 saturated heterocycles. The van der Waals surface area contributed by atoms with Gasteiger partial charge in [0.15, 0.2) is 12.2 Å². The van der Waals surface area contributed by atoms with Crippen LogP contribution in [0.5, 0.6) is 0 Å².